The fourth-order valence-corrected chi connectivity index (χ4v) is 4.34. The minimum Gasteiger partial charge on any atom is -0.378 e. The van der Waals surface area contributed by atoms with Crippen LogP contribution in [0.1, 0.15) is 12.8 Å². The lowest BCUT2D eigenvalue weighted by molar-refractivity contribution is -0.138. The number of nitrogens with zero attached hydrogens (tertiary/aromatic N) is 3. The summed E-state index contributed by atoms with van der Waals surface area (Å²) in [5.74, 6) is -0.126. The van der Waals surface area contributed by atoms with Crippen molar-refractivity contribution in [1.29, 1.82) is 0 Å². The molecule has 21 heavy (non-hydrogen) atoms. The third-order valence-corrected chi connectivity index (χ3v) is 5.71. The van der Waals surface area contributed by atoms with Gasteiger partial charge in [0.25, 0.3) is 10.0 Å². The monoisotopic (exact) mass is 314 g/mol. The van der Waals surface area contributed by atoms with Gasteiger partial charge in [-0.25, -0.2) is 8.42 Å². The summed E-state index contributed by atoms with van der Waals surface area (Å²) in [4.78, 5) is 14.3. The first-order chi connectivity index (χ1) is 10.1. The van der Waals surface area contributed by atoms with Crippen LogP contribution in [0, 0.1) is 0 Å². The molecule has 116 valence electrons. The molecule has 1 aromatic rings. The summed E-state index contributed by atoms with van der Waals surface area (Å²) in [6, 6.07) is 0.792. The molecule has 0 spiro atoms. The summed E-state index contributed by atoms with van der Waals surface area (Å²) in [6.07, 6.45) is 2.64. The van der Waals surface area contributed by atoms with Crippen molar-refractivity contribution in [2.45, 2.75) is 23.9 Å². The van der Waals surface area contributed by atoms with Gasteiger partial charge in [0.15, 0.2) is 5.03 Å². The van der Waals surface area contributed by atoms with Gasteiger partial charge in [0.05, 0.1) is 19.4 Å². The molecule has 8 nitrogen and oxygen atoms in total. The Balaban J connectivity index is 1.81. The Labute approximate surface area is 123 Å². The summed E-state index contributed by atoms with van der Waals surface area (Å²) in [6.45, 7) is 2.42. The molecule has 0 saturated carbocycles. The van der Waals surface area contributed by atoms with Gasteiger partial charge in [-0.2, -0.15) is 9.40 Å². The number of H-pyrrole nitrogens is 1. The molecule has 9 heteroatoms. The molecule has 1 amide bonds. The first-order valence-corrected chi connectivity index (χ1v) is 8.42. The highest BCUT2D eigenvalue weighted by Crippen LogP contribution is 2.26. The smallest absolute Gasteiger partial charge is 0.260 e. The Bertz CT molecular complexity index is 595. The average molecular weight is 314 g/mol. The minimum absolute atomic E-state index is 0.0316. The maximum Gasteiger partial charge on any atom is 0.260 e. The Kier molecular flexibility index (Phi) is 3.96. The lowest BCUT2D eigenvalue weighted by Crippen LogP contribution is -2.51. The zero-order valence-electron chi connectivity index (χ0n) is 11.6. The summed E-state index contributed by atoms with van der Waals surface area (Å²) in [5.41, 5.74) is 0. The van der Waals surface area contributed by atoms with Crippen LogP contribution in [0.15, 0.2) is 17.3 Å². The zero-order valence-corrected chi connectivity index (χ0v) is 12.4. The molecule has 0 bridgehead atoms. The molecule has 0 aromatic carbocycles. The van der Waals surface area contributed by atoms with E-state index in [-0.39, 0.29) is 10.9 Å². The molecule has 0 aliphatic carbocycles. The molecular formula is C12H18N4O4S. The van der Waals surface area contributed by atoms with Crippen LogP contribution in [0.25, 0.3) is 0 Å². The summed E-state index contributed by atoms with van der Waals surface area (Å²) < 4.78 is 31.6. The number of nitrogens with one attached hydrogen (secondary N) is 1. The van der Waals surface area contributed by atoms with E-state index in [1.807, 2.05) is 0 Å². The highest BCUT2D eigenvalue weighted by Gasteiger charge is 2.41. The van der Waals surface area contributed by atoms with E-state index in [0.29, 0.717) is 45.7 Å². The maximum atomic E-state index is 12.6. The van der Waals surface area contributed by atoms with E-state index in [0.717, 1.165) is 0 Å². The van der Waals surface area contributed by atoms with Crippen LogP contribution in [0.3, 0.4) is 0 Å². The van der Waals surface area contributed by atoms with E-state index >= 15 is 0 Å². The molecule has 2 aliphatic rings. The van der Waals surface area contributed by atoms with Crippen LogP contribution in [-0.4, -0.2) is 72.6 Å². The molecule has 1 N–H and O–H groups in total. The number of ether oxygens (including phenoxy) is 1. The highest BCUT2D eigenvalue weighted by molar-refractivity contribution is 7.89. The largest absolute Gasteiger partial charge is 0.378 e. The molecular weight excluding hydrogens is 296 g/mol. The SMILES string of the molecule is O=C(C1CCCN1S(=O)(=O)c1ccn[nH]1)N1CCOCC1. The fourth-order valence-electron chi connectivity index (χ4n) is 2.78. The number of carbonyl (C=O) groups is 1. The third kappa shape index (κ3) is 2.68. The third-order valence-electron chi connectivity index (χ3n) is 3.87. The number of rotatable bonds is 3. The molecule has 0 radical (unpaired) electrons. The number of amides is 1. The van der Waals surface area contributed by atoms with Crippen molar-refractivity contribution in [2.75, 3.05) is 32.8 Å². The average Bonchev–Trinajstić information content (AvgIpc) is 3.19. The lowest BCUT2D eigenvalue weighted by atomic mass is 10.2. The van der Waals surface area contributed by atoms with Gasteiger partial charge >= 0.3 is 0 Å². The van der Waals surface area contributed by atoms with Gasteiger partial charge in [-0.15, -0.1) is 0 Å². The van der Waals surface area contributed by atoms with Gasteiger partial charge in [-0.3, -0.25) is 9.89 Å². The second-order valence-corrected chi connectivity index (χ2v) is 6.99. The standard InChI is InChI=1S/C12H18N4O4S/c17-12(15-6-8-20-9-7-15)10-2-1-5-16(10)21(18,19)11-3-4-13-14-11/h3-4,10H,1-2,5-9H2,(H,13,14). The van der Waals surface area contributed by atoms with E-state index in [4.69, 9.17) is 4.74 Å². The molecule has 2 saturated heterocycles. The molecule has 3 rings (SSSR count). The van der Waals surface area contributed by atoms with Crippen LogP contribution in [0.5, 0.6) is 0 Å². The van der Waals surface area contributed by atoms with E-state index in [1.165, 1.54) is 16.6 Å². The maximum absolute atomic E-state index is 12.6. The number of carbonyl (C=O) groups excluding carboxylic acids is 1. The van der Waals surface area contributed by atoms with E-state index in [9.17, 15) is 13.2 Å². The van der Waals surface area contributed by atoms with Crippen molar-refractivity contribution in [3.05, 3.63) is 12.3 Å². The Hall–Kier alpha value is -1.45. The van der Waals surface area contributed by atoms with Crippen LogP contribution in [0.4, 0.5) is 0 Å². The van der Waals surface area contributed by atoms with Gasteiger partial charge < -0.3 is 9.64 Å². The van der Waals surface area contributed by atoms with Gasteiger partial charge in [-0.05, 0) is 18.9 Å². The van der Waals surface area contributed by atoms with Crippen LogP contribution >= 0.6 is 0 Å². The number of aromatic amines is 1. The van der Waals surface area contributed by atoms with E-state index in [2.05, 4.69) is 10.2 Å². The number of hydrogen-bond acceptors (Lipinski definition) is 5. The minimum atomic E-state index is -3.69. The van der Waals surface area contributed by atoms with Gasteiger partial charge in [-0.1, -0.05) is 0 Å². The zero-order chi connectivity index (χ0) is 14.9. The van der Waals surface area contributed by atoms with Crippen LogP contribution in [-0.2, 0) is 19.6 Å². The Morgan fingerprint density at radius 2 is 2.10 bits per heavy atom. The van der Waals surface area contributed by atoms with Crippen molar-refractivity contribution >= 4 is 15.9 Å². The number of hydrogen-bond donors (Lipinski definition) is 1. The van der Waals surface area contributed by atoms with Crippen molar-refractivity contribution < 1.29 is 17.9 Å². The highest BCUT2D eigenvalue weighted by atomic mass is 32.2. The topological polar surface area (TPSA) is 95.6 Å². The quantitative estimate of drug-likeness (QED) is 0.805. The number of morpholine rings is 1. The van der Waals surface area contributed by atoms with Crippen LogP contribution < -0.4 is 0 Å². The molecule has 2 fully saturated rings. The predicted molar refractivity (Wildman–Crippen MR) is 72.9 cm³/mol. The van der Waals surface area contributed by atoms with Crippen molar-refractivity contribution in [1.82, 2.24) is 19.4 Å². The summed E-state index contributed by atoms with van der Waals surface area (Å²) in [7, 11) is -3.69. The van der Waals surface area contributed by atoms with Gasteiger partial charge in [0.1, 0.15) is 6.04 Å². The van der Waals surface area contributed by atoms with Crippen molar-refractivity contribution in [3.8, 4) is 0 Å². The summed E-state index contributed by atoms with van der Waals surface area (Å²) >= 11 is 0. The van der Waals surface area contributed by atoms with Gasteiger partial charge in [0, 0.05) is 19.6 Å². The molecule has 1 aromatic heterocycles. The number of sulfonamides is 1. The predicted octanol–water partition coefficient (Wildman–Crippen LogP) is -0.578. The van der Waals surface area contributed by atoms with E-state index in [1.54, 1.807) is 4.90 Å². The lowest BCUT2D eigenvalue weighted by Gasteiger charge is -2.31. The van der Waals surface area contributed by atoms with E-state index < -0.39 is 16.1 Å². The van der Waals surface area contributed by atoms with Crippen molar-refractivity contribution in [3.63, 3.8) is 0 Å². The second kappa shape index (κ2) is 5.74. The molecule has 2 aliphatic heterocycles. The van der Waals surface area contributed by atoms with Crippen LogP contribution in [0.2, 0.25) is 0 Å². The summed E-state index contributed by atoms with van der Waals surface area (Å²) in [5, 5.41) is 6.18. The molecule has 3 heterocycles. The first-order valence-electron chi connectivity index (χ1n) is 6.98. The molecule has 1 unspecified atom stereocenters. The first kappa shape index (κ1) is 14.5. The normalized spacial score (nSPS) is 24.4. The second-order valence-electron chi connectivity index (χ2n) is 5.13. The Morgan fingerprint density at radius 1 is 1.33 bits per heavy atom. The van der Waals surface area contributed by atoms with Crippen molar-refractivity contribution in [2.24, 2.45) is 0 Å². The number of aromatic nitrogens is 2. The molecule has 1 atom stereocenters. The van der Waals surface area contributed by atoms with Gasteiger partial charge in [0.2, 0.25) is 5.91 Å². The Morgan fingerprint density at radius 3 is 2.76 bits per heavy atom. The fraction of sp³-hybridized carbons (Fsp3) is 0.667.